The van der Waals surface area contributed by atoms with Gasteiger partial charge in [-0.15, -0.1) is 0 Å². The number of nitrogen functional groups attached to an aromatic ring is 2. The first-order chi connectivity index (χ1) is 8.17. The maximum absolute atomic E-state index is 5.95. The summed E-state index contributed by atoms with van der Waals surface area (Å²) in [5.74, 6) is 0.735. The van der Waals surface area contributed by atoms with Gasteiger partial charge in [0.2, 0.25) is 5.95 Å². The Morgan fingerprint density at radius 1 is 1.18 bits per heavy atom. The third-order valence-electron chi connectivity index (χ3n) is 2.82. The SMILES string of the molecule is CCCc1cn(CCC)c2nc(N)nc(N)c12. The van der Waals surface area contributed by atoms with Crippen LogP contribution >= 0.6 is 0 Å². The van der Waals surface area contributed by atoms with Crippen molar-refractivity contribution in [1.82, 2.24) is 14.5 Å². The van der Waals surface area contributed by atoms with E-state index in [-0.39, 0.29) is 5.95 Å². The molecular weight excluding hydrogens is 214 g/mol. The molecule has 0 atom stereocenters. The molecule has 0 saturated carbocycles. The molecule has 92 valence electrons. The molecule has 0 fully saturated rings. The fourth-order valence-electron chi connectivity index (χ4n) is 2.18. The average molecular weight is 233 g/mol. The molecule has 0 aromatic carbocycles. The third kappa shape index (κ3) is 2.05. The Kier molecular flexibility index (Phi) is 3.17. The zero-order chi connectivity index (χ0) is 12.4. The maximum atomic E-state index is 5.95. The first-order valence-corrected chi connectivity index (χ1v) is 6.08. The van der Waals surface area contributed by atoms with Gasteiger partial charge in [-0.1, -0.05) is 20.3 Å². The lowest BCUT2D eigenvalue weighted by molar-refractivity contribution is 0.694. The fourth-order valence-corrected chi connectivity index (χ4v) is 2.18. The van der Waals surface area contributed by atoms with Crippen LogP contribution in [0.15, 0.2) is 6.20 Å². The molecule has 0 amide bonds. The highest BCUT2D eigenvalue weighted by Gasteiger charge is 2.13. The first kappa shape index (κ1) is 11.7. The normalized spacial score (nSPS) is 11.2. The van der Waals surface area contributed by atoms with E-state index in [4.69, 9.17) is 11.5 Å². The molecule has 0 aliphatic rings. The standard InChI is InChI=1S/C12H19N5/c1-3-5-8-7-17(6-4-2)11-9(8)10(13)15-12(14)16-11/h7H,3-6H2,1-2H3,(H4,13,14,15,16). The Hall–Kier alpha value is -1.78. The van der Waals surface area contributed by atoms with E-state index in [1.807, 2.05) is 0 Å². The molecule has 4 N–H and O–H groups in total. The van der Waals surface area contributed by atoms with E-state index in [0.29, 0.717) is 5.82 Å². The summed E-state index contributed by atoms with van der Waals surface area (Å²) in [6.45, 7) is 5.21. The minimum Gasteiger partial charge on any atom is -0.383 e. The molecule has 0 unspecified atom stereocenters. The maximum Gasteiger partial charge on any atom is 0.223 e. The molecule has 17 heavy (non-hydrogen) atoms. The Morgan fingerprint density at radius 3 is 2.59 bits per heavy atom. The van der Waals surface area contributed by atoms with Crippen molar-refractivity contribution in [2.45, 2.75) is 39.7 Å². The second-order valence-corrected chi connectivity index (χ2v) is 4.26. The Labute approximate surface area is 101 Å². The highest BCUT2D eigenvalue weighted by atomic mass is 15.1. The van der Waals surface area contributed by atoms with Crippen LogP contribution in [0.25, 0.3) is 11.0 Å². The van der Waals surface area contributed by atoms with Crippen molar-refractivity contribution in [3.63, 3.8) is 0 Å². The Bertz CT molecular complexity index is 529. The van der Waals surface area contributed by atoms with E-state index in [1.165, 1.54) is 5.56 Å². The molecule has 0 bridgehead atoms. The lowest BCUT2D eigenvalue weighted by atomic mass is 10.1. The van der Waals surface area contributed by atoms with Gasteiger partial charge in [-0.2, -0.15) is 9.97 Å². The van der Waals surface area contributed by atoms with Gasteiger partial charge in [-0.05, 0) is 18.4 Å². The number of hydrogen-bond donors (Lipinski definition) is 2. The van der Waals surface area contributed by atoms with Crippen LogP contribution in [0, 0.1) is 0 Å². The second-order valence-electron chi connectivity index (χ2n) is 4.26. The molecule has 0 saturated heterocycles. The number of nitrogens with zero attached hydrogens (tertiary/aromatic N) is 3. The Morgan fingerprint density at radius 2 is 1.94 bits per heavy atom. The lowest BCUT2D eigenvalue weighted by Crippen LogP contribution is -2.03. The van der Waals surface area contributed by atoms with Crippen LogP contribution in [0.4, 0.5) is 11.8 Å². The summed E-state index contributed by atoms with van der Waals surface area (Å²) in [6, 6.07) is 0. The first-order valence-electron chi connectivity index (χ1n) is 6.08. The van der Waals surface area contributed by atoms with Gasteiger partial charge in [0.05, 0.1) is 5.39 Å². The highest BCUT2D eigenvalue weighted by molar-refractivity contribution is 5.90. The quantitative estimate of drug-likeness (QED) is 0.845. The number of aryl methyl sites for hydroxylation is 2. The number of aromatic nitrogens is 3. The number of nitrogens with two attached hydrogens (primary N) is 2. The minimum absolute atomic E-state index is 0.244. The van der Waals surface area contributed by atoms with Crippen LogP contribution in [0.5, 0.6) is 0 Å². The van der Waals surface area contributed by atoms with Crippen molar-refractivity contribution in [2.24, 2.45) is 0 Å². The van der Waals surface area contributed by atoms with Crippen LogP contribution in [0.2, 0.25) is 0 Å². The Balaban J connectivity index is 2.67. The van der Waals surface area contributed by atoms with Crippen LogP contribution < -0.4 is 11.5 Å². The van der Waals surface area contributed by atoms with E-state index in [1.54, 1.807) is 0 Å². The van der Waals surface area contributed by atoms with Crippen molar-refractivity contribution >= 4 is 22.8 Å². The van der Waals surface area contributed by atoms with Crippen LogP contribution in [-0.4, -0.2) is 14.5 Å². The van der Waals surface area contributed by atoms with E-state index in [0.717, 1.165) is 36.8 Å². The number of fused-ring (bicyclic) bond motifs is 1. The molecule has 2 aromatic rings. The van der Waals surface area contributed by atoms with Crippen molar-refractivity contribution in [1.29, 1.82) is 0 Å². The van der Waals surface area contributed by atoms with Gasteiger partial charge in [-0.3, -0.25) is 0 Å². The largest absolute Gasteiger partial charge is 0.383 e. The molecule has 2 rings (SSSR count). The molecule has 5 nitrogen and oxygen atoms in total. The van der Waals surface area contributed by atoms with Crippen molar-refractivity contribution in [3.05, 3.63) is 11.8 Å². The molecule has 0 aliphatic heterocycles. The summed E-state index contributed by atoms with van der Waals surface area (Å²) in [5.41, 5.74) is 13.7. The minimum atomic E-state index is 0.244. The predicted molar refractivity (Wildman–Crippen MR) is 70.6 cm³/mol. The van der Waals surface area contributed by atoms with Crippen LogP contribution in [-0.2, 0) is 13.0 Å². The van der Waals surface area contributed by atoms with Crippen LogP contribution in [0.1, 0.15) is 32.3 Å². The van der Waals surface area contributed by atoms with E-state index >= 15 is 0 Å². The van der Waals surface area contributed by atoms with Gasteiger partial charge in [0, 0.05) is 12.7 Å². The summed E-state index contributed by atoms with van der Waals surface area (Å²) >= 11 is 0. The number of hydrogen-bond acceptors (Lipinski definition) is 4. The summed E-state index contributed by atoms with van der Waals surface area (Å²) in [4.78, 5) is 8.36. The predicted octanol–water partition coefficient (Wildman–Crippen LogP) is 1.96. The summed E-state index contributed by atoms with van der Waals surface area (Å²) in [6.07, 6.45) is 5.25. The average Bonchev–Trinajstić information content (AvgIpc) is 2.58. The number of anilines is 2. The van der Waals surface area contributed by atoms with E-state index in [2.05, 4.69) is 34.6 Å². The molecule has 0 spiro atoms. The number of rotatable bonds is 4. The van der Waals surface area contributed by atoms with Gasteiger partial charge < -0.3 is 16.0 Å². The summed E-state index contributed by atoms with van der Waals surface area (Å²) in [5, 5.41) is 0.967. The lowest BCUT2D eigenvalue weighted by Gasteiger charge is -2.03. The molecule has 0 radical (unpaired) electrons. The smallest absolute Gasteiger partial charge is 0.223 e. The molecule has 0 aliphatic carbocycles. The monoisotopic (exact) mass is 233 g/mol. The second kappa shape index (κ2) is 4.61. The summed E-state index contributed by atoms with van der Waals surface area (Å²) in [7, 11) is 0. The molecule has 2 heterocycles. The van der Waals surface area contributed by atoms with E-state index in [9.17, 15) is 0 Å². The van der Waals surface area contributed by atoms with Gasteiger partial charge in [-0.25, -0.2) is 0 Å². The van der Waals surface area contributed by atoms with Gasteiger partial charge in [0.15, 0.2) is 0 Å². The van der Waals surface area contributed by atoms with Crippen molar-refractivity contribution in [2.75, 3.05) is 11.5 Å². The summed E-state index contributed by atoms with van der Waals surface area (Å²) < 4.78 is 2.12. The van der Waals surface area contributed by atoms with Gasteiger partial charge >= 0.3 is 0 Å². The van der Waals surface area contributed by atoms with Crippen molar-refractivity contribution in [3.8, 4) is 0 Å². The molecule has 2 aromatic heterocycles. The third-order valence-corrected chi connectivity index (χ3v) is 2.82. The topological polar surface area (TPSA) is 82.8 Å². The molecular formula is C12H19N5. The molecule has 5 heteroatoms. The van der Waals surface area contributed by atoms with Crippen molar-refractivity contribution < 1.29 is 0 Å². The van der Waals surface area contributed by atoms with Crippen LogP contribution in [0.3, 0.4) is 0 Å². The highest BCUT2D eigenvalue weighted by Crippen LogP contribution is 2.26. The van der Waals surface area contributed by atoms with Gasteiger partial charge in [0.25, 0.3) is 0 Å². The van der Waals surface area contributed by atoms with Gasteiger partial charge in [0.1, 0.15) is 11.5 Å². The fraction of sp³-hybridized carbons (Fsp3) is 0.500. The zero-order valence-corrected chi connectivity index (χ0v) is 10.4. The zero-order valence-electron chi connectivity index (χ0n) is 10.4. The van der Waals surface area contributed by atoms with E-state index < -0.39 is 0 Å².